The Morgan fingerprint density at radius 2 is 1.72 bits per heavy atom. The molecule has 0 fully saturated rings. The van der Waals surface area contributed by atoms with E-state index in [2.05, 4.69) is 5.32 Å². The third-order valence-corrected chi connectivity index (χ3v) is 3.56. The molecular formula is C17H16Cl2N2O4. The lowest BCUT2D eigenvalue weighted by Crippen LogP contribution is -2.32. The zero-order chi connectivity index (χ0) is 18.2. The number of esters is 1. The van der Waals surface area contributed by atoms with Crippen molar-refractivity contribution >= 4 is 40.8 Å². The van der Waals surface area contributed by atoms with Crippen LogP contribution in [-0.2, 0) is 9.53 Å². The van der Waals surface area contributed by atoms with Gasteiger partial charge in [-0.1, -0.05) is 23.2 Å². The van der Waals surface area contributed by atoms with Crippen LogP contribution in [0.2, 0.25) is 10.0 Å². The number of nitrogens with one attached hydrogen (secondary N) is 1. The highest BCUT2D eigenvalue weighted by atomic mass is 35.5. The first-order valence-electron chi connectivity index (χ1n) is 7.33. The predicted octanol–water partition coefficient (Wildman–Crippen LogP) is 2.93. The largest absolute Gasteiger partial charge is 0.492 e. The van der Waals surface area contributed by atoms with E-state index in [1.165, 1.54) is 12.1 Å². The average molecular weight is 383 g/mol. The van der Waals surface area contributed by atoms with E-state index in [0.29, 0.717) is 15.8 Å². The van der Waals surface area contributed by atoms with Crippen LogP contribution in [0.1, 0.15) is 10.4 Å². The van der Waals surface area contributed by atoms with Gasteiger partial charge in [0.25, 0.3) is 5.91 Å². The SMILES string of the molecule is Nc1ccc(Cl)cc1C(=O)OCC(=O)NCCOc1ccc(Cl)cc1. The lowest BCUT2D eigenvalue weighted by atomic mass is 10.2. The van der Waals surface area contributed by atoms with E-state index in [0.717, 1.165) is 0 Å². The molecule has 0 spiro atoms. The number of nitrogens with two attached hydrogens (primary N) is 1. The first-order chi connectivity index (χ1) is 12.0. The molecule has 0 saturated carbocycles. The van der Waals surface area contributed by atoms with Gasteiger partial charge in [-0.2, -0.15) is 0 Å². The Balaban J connectivity index is 1.69. The molecule has 0 heterocycles. The van der Waals surface area contributed by atoms with E-state index in [1.54, 1.807) is 30.3 Å². The molecule has 2 aromatic rings. The molecule has 0 radical (unpaired) electrons. The number of ether oxygens (including phenoxy) is 2. The van der Waals surface area contributed by atoms with Gasteiger partial charge >= 0.3 is 5.97 Å². The van der Waals surface area contributed by atoms with Crippen molar-refractivity contribution in [2.75, 3.05) is 25.5 Å². The van der Waals surface area contributed by atoms with Crippen molar-refractivity contribution < 1.29 is 19.1 Å². The summed E-state index contributed by atoms with van der Waals surface area (Å²) < 4.78 is 10.3. The van der Waals surface area contributed by atoms with Crippen LogP contribution in [0.15, 0.2) is 42.5 Å². The van der Waals surface area contributed by atoms with Crippen molar-refractivity contribution in [2.24, 2.45) is 0 Å². The van der Waals surface area contributed by atoms with E-state index >= 15 is 0 Å². The highest BCUT2D eigenvalue weighted by Gasteiger charge is 2.13. The predicted molar refractivity (Wildman–Crippen MR) is 96.1 cm³/mol. The fraction of sp³-hybridized carbons (Fsp3) is 0.176. The molecular weight excluding hydrogens is 367 g/mol. The van der Waals surface area contributed by atoms with E-state index in [4.69, 9.17) is 38.4 Å². The summed E-state index contributed by atoms with van der Waals surface area (Å²) in [7, 11) is 0. The number of benzene rings is 2. The van der Waals surface area contributed by atoms with Crippen LogP contribution in [0.5, 0.6) is 5.75 Å². The molecule has 132 valence electrons. The number of nitrogen functional groups attached to an aromatic ring is 1. The van der Waals surface area contributed by atoms with Gasteiger partial charge in [0, 0.05) is 15.7 Å². The Morgan fingerprint density at radius 3 is 2.44 bits per heavy atom. The summed E-state index contributed by atoms with van der Waals surface area (Å²) >= 11 is 11.6. The van der Waals surface area contributed by atoms with Crippen LogP contribution in [0, 0.1) is 0 Å². The summed E-state index contributed by atoms with van der Waals surface area (Å²) in [6.07, 6.45) is 0. The molecule has 25 heavy (non-hydrogen) atoms. The molecule has 3 N–H and O–H groups in total. The minimum absolute atomic E-state index is 0.117. The van der Waals surface area contributed by atoms with Gasteiger partial charge in [0.05, 0.1) is 12.1 Å². The summed E-state index contributed by atoms with van der Waals surface area (Å²) in [5.41, 5.74) is 6.02. The van der Waals surface area contributed by atoms with Crippen molar-refractivity contribution in [2.45, 2.75) is 0 Å². The number of rotatable bonds is 7. The molecule has 0 aliphatic rings. The van der Waals surface area contributed by atoms with Gasteiger partial charge < -0.3 is 20.5 Å². The maximum Gasteiger partial charge on any atom is 0.340 e. The third-order valence-electron chi connectivity index (χ3n) is 3.08. The smallest absolute Gasteiger partial charge is 0.340 e. The van der Waals surface area contributed by atoms with E-state index in [-0.39, 0.29) is 24.4 Å². The minimum Gasteiger partial charge on any atom is -0.492 e. The summed E-state index contributed by atoms with van der Waals surface area (Å²) in [6, 6.07) is 11.3. The Hall–Kier alpha value is -2.44. The summed E-state index contributed by atoms with van der Waals surface area (Å²) in [6.45, 7) is 0.104. The summed E-state index contributed by atoms with van der Waals surface area (Å²) in [5.74, 6) is -0.525. The molecule has 0 unspecified atom stereocenters. The van der Waals surface area contributed by atoms with Crippen LogP contribution >= 0.6 is 23.2 Å². The van der Waals surface area contributed by atoms with Gasteiger partial charge in [-0.15, -0.1) is 0 Å². The topological polar surface area (TPSA) is 90.7 Å². The average Bonchev–Trinajstić information content (AvgIpc) is 2.60. The molecule has 0 aromatic heterocycles. The molecule has 6 nitrogen and oxygen atoms in total. The van der Waals surface area contributed by atoms with Crippen LogP contribution < -0.4 is 15.8 Å². The standard InChI is InChI=1S/C17H16Cl2N2O4/c18-11-1-4-13(5-2-11)24-8-7-21-16(22)10-25-17(23)14-9-12(19)3-6-15(14)20/h1-6,9H,7-8,10,20H2,(H,21,22). The van der Waals surface area contributed by atoms with Gasteiger partial charge in [0.15, 0.2) is 6.61 Å². The van der Waals surface area contributed by atoms with Crippen molar-refractivity contribution in [3.05, 3.63) is 58.1 Å². The molecule has 1 amide bonds. The monoisotopic (exact) mass is 382 g/mol. The molecule has 0 aliphatic carbocycles. The van der Waals surface area contributed by atoms with Crippen LogP contribution in [0.3, 0.4) is 0 Å². The number of hydrogen-bond donors (Lipinski definition) is 2. The number of carbonyl (C=O) groups is 2. The van der Waals surface area contributed by atoms with E-state index in [9.17, 15) is 9.59 Å². The molecule has 2 aromatic carbocycles. The first kappa shape index (κ1) is 18.9. The second kappa shape index (κ2) is 9.15. The van der Waals surface area contributed by atoms with Gasteiger partial charge in [-0.25, -0.2) is 4.79 Å². The normalized spacial score (nSPS) is 10.2. The maximum atomic E-state index is 11.9. The number of anilines is 1. The van der Waals surface area contributed by atoms with Crippen molar-refractivity contribution in [3.63, 3.8) is 0 Å². The zero-order valence-electron chi connectivity index (χ0n) is 13.1. The molecule has 0 aliphatic heterocycles. The van der Waals surface area contributed by atoms with E-state index < -0.39 is 18.5 Å². The number of amides is 1. The second-order valence-electron chi connectivity index (χ2n) is 4.96. The Labute approximate surface area is 154 Å². The third kappa shape index (κ3) is 6.17. The first-order valence-corrected chi connectivity index (χ1v) is 8.08. The number of carbonyl (C=O) groups excluding carboxylic acids is 2. The number of hydrogen-bond acceptors (Lipinski definition) is 5. The van der Waals surface area contributed by atoms with Crippen molar-refractivity contribution in [3.8, 4) is 5.75 Å². The van der Waals surface area contributed by atoms with Gasteiger partial charge in [0.1, 0.15) is 12.4 Å². The Bertz CT molecular complexity index is 751. The van der Waals surface area contributed by atoms with E-state index in [1.807, 2.05) is 0 Å². The molecule has 0 saturated heterocycles. The number of halogens is 2. The molecule has 8 heteroatoms. The fourth-order valence-electron chi connectivity index (χ4n) is 1.86. The van der Waals surface area contributed by atoms with Crippen LogP contribution in [-0.4, -0.2) is 31.6 Å². The minimum atomic E-state index is -0.715. The molecule has 2 rings (SSSR count). The lowest BCUT2D eigenvalue weighted by Gasteiger charge is -2.09. The van der Waals surface area contributed by atoms with Crippen molar-refractivity contribution in [1.82, 2.24) is 5.32 Å². The molecule has 0 atom stereocenters. The van der Waals surface area contributed by atoms with Crippen LogP contribution in [0.4, 0.5) is 5.69 Å². The fourth-order valence-corrected chi connectivity index (χ4v) is 2.15. The second-order valence-corrected chi connectivity index (χ2v) is 5.83. The quantitative estimate of drug-likeness (QED) is 0.436. The zero-order valence-corrected chi connectivity index (χ0v) is 14.6. The maximum absolute atomic E-state index is 11.9. The summed E-state index contributed by atoms with van der Waals surface area (Å²) in [4.78, 5) is 23.6. The van der Waals surface area contributed by atoms with Gasteiger partial charge in [0.2, 0.25) is 0 Å². The van der Waals surface area contributed by atoms with Crippen molar-refractivity contribution in [1.29, 1.82) is 0 Å². The van der Waals surface area contributed by atoms with Gasteiger partial charge in [-0.05, 0) is 42.5 Å². The molecule has 0 bridgehead atoms. The highest BCUT2D eigenvalue weighted by molar-refractivity contribution is 6.31. The Kier molecular flexibility index (Phi) is 6.91. The lowest BCUT2D eigenvalue weighted by molar-refractivity contribution is -0.124. The van der Waals surface area contributed by atoms with Crippen LogP contribution in [0.25, 0.3) is 0 Å². The summed E-state index contributed by atoms with van der Waals surface area (Å²) in [5, 5.41) is 3.54. The van der Waals surface area contributed by atoms with Gasteiger partial charge in [-0.3, -0.25) is 4.79 Å². The highest BCUT2D eigenvalue weighted by Crippen LogP contribution is 2.18. The Morgan fingerprint density at radius 1 is 1.04 bits per heavy atom.